The molecular formula is C22H13ClFN3. The zero-order valence-corrected chi connectivity index (χ0v) is 14.9. The number of benzene rings is 3. The van der Waals surface area contributed by atoms with Crippen LogP contribution in [-0.2, 0) is 0 Å². The van der Waals surface area contributed by atoms with Gasteiger partial charge in [-0.2, -0.15) is 5.10 Å². The van der Waals surface area contributed by atoms with Gasteiger partial charge in [-0.05, 0) is 36.4 Å². The van der Waals surface area contributed by atoms with E-state index < -0.39 is 0 Å². The van der Waals surface area contributed by atoms with Gasteiger partial charge in [0, 0.05) is 27.6 Å². The Kier molecular flexibility index (Phi) is 3.66. The molecule has 0 atom stereocenters. The van der Waals surface area contributed by atoms with Crippen LogP contribution in [0, 0.1) is 5.82 Å². The van der Waals surface area contributed by atoms with E-state index in [-0.39, 0.29) is 5.82 Å². The first kappa shape index (κ1) is 16.0. The van der Waals surface area contributed by atoms with Crippen LogP contribution in [-0.4, -0.2) is 14.8 Å². The normalized spacial score (nSPS) is 11.3. The summed E-state index contributed by atoms with van der Waals surface area (Å²) >= 11 is 6.20. The van der Waals surface area contributed by atoms with E-state index in [0.717, 1.165) is 27.8 Å². The molecule has 130 valence electrons. The molecule has 0 aliphatic heterocycles. The lowest BCUT2D eigenvalue weighted by atomic mass is 10.1. The summed E-state index contributed by atoms with van der Waals surface area (Å²) in [6.07, 6.45) is 1.80. The lowest BCUT2D eigenvalue weighted by molar-refractivity contribution is 0.629. The first-order valence-corrected chi connectivity index (χ1v) is 8.87. The summed E-state index contributed by atoms with van der Waals surface area (Å²) < 4.78 is 15.8. The molecule has 0 saturated heterocycles. The predicted octanol–water partition coefficient (Wildman–Crippen LogP) is 6.03. The average Bonchev–Trinajstić information content (AvgIpc) is 3.09. The fraction of sp³-hybridized carbons (Fsp3) is 0. The van der Waals surface area contributed by atoms with Crippen molar-refractivity contribution in [3.63, 3.8) is 0 Å². The Morgan fingerprint density at radius 3 is 2.52 bits per heavy atom. The Morgan fingerprint density at radius 2 is 1.70 bits per heavy atom. The second-order valence-corrected chi connectivity index (χ2v) is 6.72. The van der Waals surface area contributed by atoms with Crippen LogP contribution >= 0.6 is 11.6 Å². The third-order valence-corrected chi connectivity index (χ3v) is 4.80. The second kappa shape index (κ2) is 6.18. The summed E-state index contributed by atoms with van der Waals surface area (Å²) in [6.45, 7) is 0. The summed E-state index contributed by atoms with van der Waals surface area (Å²) in [5, 5.41) is 7.03. The van der Waals surface area contributed by atoms with E-state index in [1.807, 2.05) is 59.3 Å². The molecule has 5 rings (SSSR count). The van der Waals surface area contributed by atoms with Crippen LogP contribution in [0.25, 0.3) is 38.8 Å². The van der Waals surface area contributed by atoms with Gasteiger partial charge in [-0.25, -0.2) is 9.07 Å². The highest BCUT2D eigenvalue weighted by atomic mass is 35.5. The molecule has 0 aliphatic carbocycles. The van der Waals surface area contributed by atoms with E-state index >= 15 is 0 Å². The van der Waals surface area contributed by atoms with Crippen molar-refractivity contribution in [2.45, 2.75) is 0 Å². The van der Waals surface area contributed by atoms with Gasteiger partial charge in [0.05, 0.1) is 16.7 Å². The molecule has 0 aliphatic rings. The summed E-state index contributed by atoms with van der Waals surface area (Å²) in [6, 6.07) is 21.9. The summed E-state index contributed by atoms with van der Waals surface area (Å²) in [5.74, 6) is -0.308. The topological polar surface area (TPSA) is 30.7 Å². The van der Waals surface area contributed by atoms with Crippen LogP contribution in [0.4, 0.5) is 4.39 Å². The monoisotopic (exact) mass is 373 g/mol. The zero-order chi connectivity index (χ0) is 18.4. The molecule has 0 radical (unpaired) electrons. The minimum Gasteiger partial charge on any atom is -0.255 e. The Hall–Kier alpha value is -3.24. The Labute approximate surface area is 159 Å². The molecule has 3 aromatic carbocycles. The van der Waals surface area contributed by atoms with Crippen LogP contribution in [0.1, 0.15) is 0 Å². The molecule has 0 saturated carbocycles. The Balaban J connectivity index is 1.94. The maximum Gasteiger partial charge on any atom is 0.124 e. The van der Waals surface area contributed by atoms with Gasteiger partial charge in [0.25, 0.3) is 0 Å². The van der Waals surface area contributed by atoms with E-state index in [2.05, 4.69) is 4.98 Å². The lowest BCUT2D eigenvalue weighted by Gasteiger charge is -2.06. The molecule has 0 fully saturated rings. The quantitative estimate of drug-likeness (QED) is 0.378. The average molecular weight is 374 g/mol. The minimum absolute atomic E-state index is 0.308. The van der Waals surface area contributed by atoms with Crippen molar-refractivity contribution in [1.82, 2.24) is 14.8 Å². The van der Waals surface area contributed by atoms with Gasteiger partial charge in [0.15, 0.2) is 0 Å². The number of rotatable bonds is 2. The van der Waals surface area contributed by atoms with Crippen LogP contribution in [0.3, 0.4) is 0 Å². The third kappa shape index (κ3) is 2.66. The summed E-state index contributed by atoms with van der Waals surface area (Å²) in [5.41, 5.74) is 4.10. The number of aromatic nitrogens is 3. The summed E-state index contributed by atoms with van der Waals surface area (Å²) in [7, 11) is 0. The van der Waals surface area contributed by atoms with Crippen molar-refractivity contribution in [2.24, 2.45) is 0 Å². The van der Waals surface area contributed by atoms with Crippen molar-refractivity contribution in [2.75, 3.05) is 0 Å². The third-order valence-electron chi connectivity index (χ3n) is 4.57. The van der Waals surface area contributed by atoms with Crippen molar-refractivity contribution < 1.29 is 4.39 Å². The molecule has 3 nitrogen and oxygen atoms in total. The van der Waals surface area contributed by atoms with E-state index in [1.165, 1.54) is 12.1 Å². The molecule has 2 aromatic heterocycles. The molecule has 0 spiro atoms. The number of hydrogen-bond donors (Lipinski definition) is 0. The SMILES string of the molecule is Fc1ccc2ncc3c(-c4ccccc4)nn(-c4cccc(Cl)c4)c3c2c1. The molecule has 0 unspecified atom stereocenters. The number of halogens is 2. The number of nitrogens with zero attached hydrogens (tertiary/aromatic N) is 3. The molecule has 0 amide bonds. The summed E-state index contributed by atoms with van der Waals surface area (Å²) in [4.78, 5) is 4.52. The molecule has 27 heavy (non-hydrogen) atoms. The Morgan fingerprint density at radius 1 is 0.852 bits per heavy atom. The van der Waals surface area contributed by atoms with Crippen molar-refractivity contribution in [3.05, 3.63) is 89.8 Å². The van der Waals surface area contributed by atoms with Gasteiger partial charge < -0.3 is 0 Å². The maximum atomic E-state index is 14.0. The van der Waals surface area contributed by atoms with Crippen LogP contribution < -0.4 is 0 Å². The van der Waals surface area contributed by atoms with Gasteiger partial charge in [0.1, 0.15) is 11.5 Å². The van der Waals surface area contributed by atoms with Gasteiger partial charge in [-0.3, -0.25) is 4.98 Å². The highest BCUT2D eigenvalue weighted by Crippen LogP contribution is 2.34. The van der Waals surface area contributed by atoms with Crippen molar-refractivity contribution in [1.29, 1.82) is 0 Å². The van der Waals surface area contributed by atoms with Crippen molar-refractivity contribution in [3.8, 4) is 16.9 Å². The molecular weight excluding hydrogens is 361 g/mol. The molecule has 0 bridgehead atoms. The van der Waals surface area contributed by atoms with Gasteiger partial charge in [-0.15, -0.1) is 0 Å². The first-order valence-electron chi connectivity index (χ1n) is 8.49. The molecule has 5 aromatic rings. The lowest BCUT2D eigenvalue weighted by Crippen LogP contribution is -1.97. The minimum atomic E-state index is -0.308. The fourth-order valence-electron chi connectivity index (χ4n) is 3.36. The molecule has 2 heterocycles. The van der Waals surface area contributed by atoms with Crippen LogP contribution in [0.15, 0.2) is 79.0 Å². The highest BCUT2D eigenvalue weighted by molar-refractivity contribution is 6.30. The number of hydrogen-bond acceptors (Lipinski definition) is 2. The van der Waals surface area contributed by atoms with E-state index in [0.29, 0.717) is 15.9 Å². The maximum absolute atomic E-state index is 14.0. The standard InChI is InChI=1S/C22H13ClFN3/c23-15-7-4-8-17(11-15)27-22-18-12-16(24)9-10-20(18)25-13-19(22)21(26-27)14-5-2-1-3-6-14/h1-13H. The van der Waals surface area contributed by atoms with E-state index in [1.54, 1.807) is 12.3 Å². The van der Waals surface area contributed by atoms with Crippen LogP contribution in [0.5, 0.6) is 0 Å². The van der Waals surface area contributed by atoms with Crippen molar-refractivity contribution >= 4 is 33.4 Å². The van der Waals surface area contributed by atoms with Crippen LogP contribution in [0.2, 0.25) is 5.02 Å². The number of fused-ring (bicyclic) bond motifs is 3. The predicted molar refractivity (Wildman–Crippen MR) is 107 cm³/mol. The molecule has 0 N–H and O–H groups in total. The van der Waals surface area contributed by atoms with Gasteiger partial charge in [-0.1, -0.05) is 48.0 Å². The zero-order valence-electron chi connectivity index (χ0n) is 14.1. The van der Waals surface area contributed by atoms with Gasteiger partial charge >= 0.3 is 0 Å². The largest absolute Gasteiger partial charge is 0.255 e. The smallest absolute Gasteiger partial charge is 0.124 e. The fourth-order valence-corrected chi connectivity index (χ4v) is 3.54. The Bertz CT molecular complexity index is 1300. The highest BCUT2D eigenvalue weighted by Gasteiger charge is 2.17. The molecule has 5 heteroatoms. The van der Waals surface area contributed by atoms with E-state index in [4.69, 9.17) is 16.7 Å². The second-order valence-electron chi connectivity index (χ2n) is 6.29. The first-order chi connectivity index (χ1) is 13.2. The van der Waals surface area contributed by atoms with E-state index in [9.17, 15) is 4.39 Å². The van der Waals surface area contributed by atoms with Gasteiger partial charge in [0.2, 0.25) is 0 Å². The number of pyridine rings is 1.